The van der Waals surface area contributed by atoms with Crippen LogP contribution in [0.4, 0.5) is 5.82 Å². The van der Waals surface area contributed by atoms with Gasteiger partial charge in [-0.2, -0.15) is 0 Å². The zero-order chi connectivity index (χ0) is 10.4. The van der Waals surface area contributed by atoms with E-state index in [2.05, 4.69) is 15.3 Å². The molecule has 0 radical (unpaired) electrons. The summed E-state index contributed by atoms with van der Waals surface area (Å²) >= 11 is 0. The molecule has 1 rings (SSSR count). The van der Waals surface area contributed by atoms with Gasteiger partial charge in [0.1, 0.15) is 5.82 Å². The van der Waals surface area contributed by atoms with Gasteiger partial charge in [-0.1, -0.05) is 0 Å². The number of anilines is 1. The zero-order valence-corrected chi connectivity index (χ0v) is 9.00. The molecule has 1 heterocycles. The van der Waals surface area contributed by atoms with E-state index in [1.54, 1.807) is 6.20 Å². The van der Waals surface area contributed by atoms with E-state index in [0.717, 1.165) is 30.4 Å². The van der Waals surface area contributed by atoms with Gasteiger partial charge in [-0.05, 0) is 20.8 Å². The molecule has 0 aliphatic rings. The molecule has 78 valence electrons. The van der Waals surface area contributed by atoms with E-state index < -0.39 is 0 Å². The number of aryl methyl sites for hydroxylation is 2. The van der Waals surface area contributed by atoms with Gasteiger partial charge in [0.05, 0.1) is 18.0 Å². The molecule has 0 unspecified atom stereocenters. The number of nitrogens with one attached hydrogen (secondary N) is 1. The van der Waals surface area contributed by atoms with Crippen molar-refractivity contribution in [2.75, 3.05) is 25.1 Å². The number of hydrogen-bond donors (Lipinski definition) is 1. The van der Waals surface area contributed by atoms with Crippen LogP contribution in [-0.4, -0.2) is 29.7 Å². The van der Waals surface area contributed by atoms with E-state index in [0.29, 0.717) is 6.61 Å². The Hall–Kier alpha value is -1.16. The van der Waals surface area contributed by atoms with Gasteiger partial charge in [0, 0.05) is 19.3 Å². The number of hydrogen-bond acceptors (Lipinski definition) is 4. The normalized spacial score (nSPS) is 10.2. The molecule has 0 fully saturated rings. The summed E-state index contributed by atoms with van der Waals surface area (Å²) in [5.74, 6) is 0.852. The van der Waals surface area contributed by atoms with Crippen molar-refractivity contribution in [3.05, 3.63) is 17.6 Å². The van der Waals surface area contributed by atoms with Gasteiger partial charge in [0.25, 0.3) is 0 Å². The molecule has 0 saturated carbocycles. The highest BCUT2D eigenvalue weighted by atomic mass is 16.5. The predicted molar refractivity (Wildman–Crippen MR) is 56.5 cm³/mol. The first-order chi connectivity index (χ1) is 6.74. The van der Waals surface area contributed by atoms with Crippen molar-refractivity contribution in [3.63, 3.8) is 0 Å². The Bertz CT molecular complexity index is 289. The molecule has 0 aliphatic carbocycles. The predicted octanol–water partition coefficient (Wildman–Crippen LogP) is 1.54. The first-order valence-electron chi connectivity index (χ1n) is 4.86. The van der Waals surface area contributed by atoms with Gasteiger partial charge in [0.2, 0.25) is 0 Å². The fourth-order valence-corrected chi connectivity index (χ4v) is 1.09. The van der Waals surface area contributed by atoms with Crippen LogP contribution in [0, 0.1) is 13.8 Å². The molecule has 1 aromatic rings. The molecular weight excluding hydrogens is 178 g/mol. The van der Waals surface area contributed by atoms with Crippen LogP contribution in [0.5, 0.6) is 0 Å². The average Bonchev–Trinajstić information content (AvgIpc) is 2.18. The van der Waals surface area contributed by atoms with Gasteiger partial charge >= 0.3 is 0 Å². The quantitative estimate of drug-likeness (QED) is 0.724. The molecule has 1 N–H and O–H groups in total. The van der Waals surface area contributed by atoms with Crippen molar-refractivity contribution >= 4 is 5.82 Å². The zero-order valence-electron chi connectivity index (χ0n) is 9.00. The van der Waals surface area contributed by atoms with Crippen molar-refractivity contribution in [1.29, 1.82) is 0 Å². The van der Waals surface area contributed by atoms with Crippen molar-refractivity contribution in [2.24, 2.45) is 0 Å². The van der Waals surface area contributed by atoms with Crippen LogP contribution in [0.3, 0.4) is 0 Å². The van der Waals surface area contributed by atoms with Gasteiger partial charge in [0.15, 0.2) is 0 Å². The van der Waals surface area contributed by atoms with E-state index in [1.165, 1.54) is 0 Å². The Labute approximate surface area is 84.7 Å². The van der Waals surface area contributed by atoms with Crippen LogP contribution in [-0.2, 0) is 4.74 Å². The summed E-state index contributed by atoms with van der Waals surface area (Å²) in [6, 6.07) is 0. The second kappa shape index (κ2) is 5.54. The number of rotatable bonds is 5. The van der Waals surface area contributed by atoms with Crippen LogP contribution in [0.1, 0.15) is 18.3 Å². The lowest BCUT2D eigenvalue weighted by Gasteiger charge is -2.08. The number of nitrogens with zero attached hydrogens (tertiary/aromatic N) is 2. The molecule has 1 aromatic heterocycles. The molecule has 0 bridgehead atoms. The highest BCUT2D eigenvalue weighted by Crippen LogP contribution is 2.07. The van der Waals surface area contributed by atoms with Crippen molar-refractivity contribution in [2.45, 2.75) is 20.8 Å². The monoisotopic (exact) mass is 195 g/mol. The molecule has 0 spiro atoms. The smallest absolute Gasteiger partial charge is 0.147 e. The Balaban J connectivity index is 2.45. The summed E-state index contributed by atoms with van der Waals surface area (Å²) in [6.45, 7) is 8.08. The minimum atomic E-state index is 0.700. The van der Waals surface area contributed by atoms with E-state index in [9.17, 15) is 0 Å². The summed E-state index contributed by atoms with van der Waals surface area (Å²) in [5, 5.41) is 3.19. The standard InChI is InChI=1S/C10H17N3O/c1-4-14-6-5-11-10-9(3)12-7-8(2)13-10/h7H,4-6H2,1-3H3,(H,11,13). The van der Waals surface area contributed by atoms with Crippen LogP contribution in [0.15, 0.2) is 6.20 Å². The molecule has 0 saturated heterocycles. The maximum absolute atomic E-state index is 5.21. The third kappa shape index (κ3) is 3.30. The topological polar surface area (TPSA) is 47.0 Å². The molecule has 0 aromatic carbocycles. The third-order valence-electron chi connectivity index (χ3n) is 1.82. The van der Waals surface area contributed by atoms with Gasteiger partial charge < -0.3 is 10.1 Å². The highest BCUT2D eigenvalue weighted by molar-refractivity contribution is 5.39. The fraction of sp³-hybridized carbons (Fsp3) is 0.600. The first-order valence-corrected chi connectivity index (χ1v) is 4.86. The Morgan fingerprint density at radius 3 is 2.93 bits per heavy atom. The molecule has 0 aliphatic heterocycles. The minimum Gasteiger partial charge on any atom is -0.380 e. The lowest BCUT2D eigenvalue weighted by atomic mass is 10.4. The second-order valence-corrected chi connectivity index (χ2v) is 3.07. The molecule has 4 heteroatoms. The van der Waals surface area contributed by atoms with Crippen molar-refractivity contribution in [3.8, 4) is 0 Å². The van der Waals surface area contributed by atoms with Gasteiger partial charge in [-0.15, -0.1) is 0 Å². The minimum absolute atomic E-state index is 0.700. The average molecular weight is 195 g/mol. The Kier molecular flexibility index (Phi) is 4.32. The second-order valence-electron chi connectivity index (χ2n) is 3.07. The maximum Gasteiger partial charge on any atom is 0.147 e. The van der Waals surface area contributed by atoms with E-state index in [4.69, 9.17) is 4.74 Å². The molecular formula is C10H17N3O. The fourth-order valence-electron chi connectivity index (χ4n) is 1.09. The summed E-state index contributed by atoms with van der Waals surface area (Å²) < 4.78 is 5.21. The lowest BCUT2D eigenvalue weighted by Crippen LogP contribution is -2.12. The van der Waals surface area contributed by atoms with Gasteiger partial charge in [-0.3, -0.25) is 4.98 Å². The molecule has 14 heavy (non-hydrogen) atoms. The number of ether oxygens (including phenoxy) is 1. The highest BCUT2D eigenvalue weighted by Gasteiger charge is 1.99. The largest absolute Gasteiger partial charge is 0.380 e. The molecule has 0 atom stereocenters. The summed E-state index contributed by atoms with van der Waals surface area (Å²) in [4.78, 5) is 8.55. The van der Waals surface area contributed by atoms with Crippen LogP contribution in [0.2, 0.25) is 0 Å². The summed E-state index contributed by atoms with van der Waals surface area (Å²) in [7, 11) is 0. The summed E-state index contributed by atoms with van der Waals surface area (Å²) in [6.07, 6.45) is 1.77. The van der Waals surface area contributed by atoms with Crippen LogP contribution in [0.25, 0.3) is 0 Å². The van der Waals surface area contributed by atoms with Crippen LogP contribution >= 0.6 is 0 Å². The van der Waals surface area contributed by atoms with E-state index in [-0.39, 0.29) is 0 Å². The Morgan fingerprint density at radius 2 is 2.21 bits per heavy atom. The van der Waals surface area contributed by atoms with Crippen molar-refractivity contribution in [1.82, 2.24) is 9.97 Å². The van der Waals surface area contributed by atoms with E-state index in [1.807, 2.05) is 20.8 Å². The molecule has 0 amide bonds. The number of aromatic nitrogens is 2. The summed E-state index contributed by atoms with van der Waals surface area (Å²) in [5.41, 5.74) is 1.85. The lowest BCUT2D eigenvalue weighted by molar-refractivity contribution is 0.158. The third-order valence-corrected chi connectivity index (χ3v) is 1.82. The van der Waals surface area contributed by atoms with Crippen molar-refractivity contribution < 1.29 is 4.74 Å². The van der Waals surface area contributed by atoms with Gasteiger partial charge in [-0.25, -0.2) is 4.98 Å². The Morgan fingerprint density at radius 1 is 1.43 bits per heavy atom. The molecule has 4 nitrogen and oxygen atoms in total. The van der Waals surface area contributed by atoms with E-state index >= 15 is 0 Å². The SMILES string of the molecule is CCOCCNc1nc(C)cnc1C. The maximum atomic E-state index is 5.21. The first kappa shape index (κ1) is 10.9. The van der Waals surface area contributed by atoms with Crippen LogP contribution < -0.4 is 5.32 Å².